The molecule has 0 bridgehead atoms. The molecule has 3 heterocycles. The van der Waals surface area contributed by atoms with Crippen molar-refractivity contribution in [2.24, 2.45) is 0 Å². The van der Waals surface area contributed by atoms with Gasteiger partial charge in [-0.05, 0) is 36.5 Å². The number of aliphatic carboxylic acids is 1. The zero-order valence-electron chi connectivity index (χ0n) is 16.1. The normalized spacial score (nSPS) is 14.1. The summed E-state index contributed by atoms with van der Waals surface area (Å²) >= 11 is 1.64. The van der Waals surface area contributed by atoms with E-state index in [1.165, 1.54) is 5.69 Å². The molecule has 0 aromatic carbocycles. The van der Waals surface area contributed by atoms with E-state index in [9.17, 15) is 18.0 Å². The Labute approximate surface area is 170 Å². The van der Waals surface area contributed by atoms with Crippen molar-refractivity contribution in [3.05, 3.63) is 40.1 Å². The Kier molecular flexibility index (Phi) is 7.80. The largest absolute Gasteiger partial charge is 0.490 e. The summed E-state index contributed by atoms with van der Waals surface area (Å²) in [7, 11) is 4.13. The fourth-order valence-corrected chi connectivity index (χ4v) is 3.54. The van der Waals surface area contributed by atoms with Crippen molar-refractivity contribution in [2.75, 3.05) is 27.2 Å². The number of hydrogen-bond donors (Lipinski definition) is 1. The quantitative estimate of drug-likeness (QED) is 0.802. The number of rotatable bonds is 4. The molecule has 7 nitrogen and oxygen atoms in total. The number of thiophene rings is 1. The summed E-state index contributed by atoms with van der Waals surface area (Å²) in [4.78, 5) is 30.0. The van der Waals surface area contributed by atoms with Gasteiger partial charge in [-0.3, -0.25) is 4.79 Å². The fourth-order valence-electron chi connectivity index (χ4n) is 2.87. The third kappa shape index (κ3) is 6.86. The van der Waals surface area contributed by atoms with Crippen molar-refractivity contribution in [3.63, 3.8) is 0 Å². The lowest BCUT2D eigenvalue weighted by Gasteiger charge is -2.20. The van der Waals surface area contributed by atoms with Crippen LogP contribution < -0.4 is 0 Å². The van der Waals surface area contributed by atoms with E-state index in [0.717, 1.165) is 44.0 Å². The van der Waals surface area contributed by atoms with Crippen LogP contribution in [-0.4, -0.2) is 69.7 Å². The Morgan fingerprint density at radius 2 is 1.97 bits per heavy atom. The first-order valence-corrected chi connectivity index (χ1v) is 9.79. The zero-order valence-corrected chi connectivity index (χ0v) is 17.0. The Balaban J connectivity index is 0.000000370. The van der Waals surface area contributed by atoms with Crippen LogP contribution in [0.5, 0.6) is 0 Å². The van der Waals surface area contributed by atoms with E-state index in [4.69, 9.17) is 9.90 Å². The van der Waals surface area contributed by atoms with Crippen LogP contribution in [0, 0.1) is 0 Å². The summed E-state index contributed by atoms with van der Waals surface area (Å²) in [5.74, 6) is -1.44. The van der Waals surface area contributed by atoms with Crippen molar-refractivity contribution < 1.29 is 27.9 Å². The van der Waals surface area contributed by atoms with Gasteiger partial charge in [-0.25, -0.2) is 9.78 Å². The standard InChI is InChI=1S/C16H22N4OS.C2HF3O2/c1-18(2)11-14-10-17-15-3-5-19(6-7-20(14)15)16(21)9-13-4-8-22-12-13;3-2(4,5)1(6)7/h4,8,10,12H,3,5-7,9,11H2,1-2H3;(H,6,7). The smallest absolute Gasteiger partial charge is 0.475 e. The molecule has 3 rings (SSSR count). The fraction of sp³-hybridized carbons (Fsp3) is 0.500. The van der Waals surface area contributed by atoms with Crippen LogP contribution in [0.2, 0.25) is 0 Å². The summed E-state index contributed by atoms with van der Waals surface area (Å²) < 4.78 is 34.0. The van der Waals surface area contributed by atoms with Crippen LogP contribution in [0.25, 0.3) is 0 Å². The number of fused-ring (bicyclic) bond motifs is 1. The average Bonchev–Trinajstić information content (AvgIpc) is 3.19. The number of carboxylic acid groups (broad SMARTS) is 1. The predicted molar refractivity (Wildman–Crippen MR) is 102 cm³/mol. The summed E-state index contributed by atoms with van der Waals surface area (Å²) in [5, 5.41) is 11.2. The monoisotopic (exact) mass is 432 g/mol. The minimum absolute atomic E-state index is 0.221. The molecule has 0 atom stereocenters. The molecular weight excluding hydrogens is 409 g/mol. The van der Waals surface area contributed by atoms with Crippen LogP contribution >= 0.6 is 11.3 Å². The van der Waals surface area contributed by atoms with E-state index in [1.807, 2.05) is 22.5 Å². The average molecular weight is 432 g/mol. The Morgan fingerprint density at radius 3 is 2.52 bits per heavy atom. The Morgan fingerprint density at radius 1 is 1.28 bits per heavy atom. The lowest BCUT2D eigenvalue weighted by Crippen LogP contribution is -2.34. The highest BCUT2D eigenvalue weighted by atomic mass is 32.1. The maximum atomic E-state index is 12.4. The van der Waals surface area contributed by atoms with Crippen molar-refractivity contribution in [3.8, 4) is 0 Å². The molecule has 1 aliphatic heterocycles. The van der Waals surface area contributed by atoms with E-state index in [2.05, 4.69) is 33.9 Å². The van der Waals surface area contributed by atoms with Gasteiger partial charge in [0.1, 0.15) is 5.82 Å². The molecule has 2 aromatic heterocycles. The molecule has 0 unspecified atom stereocenters. The Bertz CT molecular complexity index is 819. The lowest BCUT2D eigenvalue weighted by atomic mass is 10.2. The second kappa shape index (κ2) is 9.88. The number of carbonyl (C=O) groups excluding carboxylic acids is 1. The molecule has 0 fully saturated rings. The molecule has 0 aliphatic carbocycles. The molecule has 1 amide bonds. The lowest BCUT2D eigenvalue weighted by molar-refractivity contribution is -0.192. The van der Waals surface area contributed by atoms with Gasteiger partial charge in [-0.1, -0.05) is 0 Å². The predicted octanol–water partition coefficient (Wildman–Crippen LogP) is 2.27. The molecule has 0 saturated heterocycles. The number of amides is 1. The highest BCUT2D eigenvalue weighted by Gasteiger charge is 2.38. The van der Waals surface area contributed by atoms with Gasteiger partial charge in [0.05, 0.1) is 12.1 Å². The highest BCUT2D eigenvalue weighted by Crippen LogP contribution is 2.15. The summed E-state index contributed by atoms with van der Waals surface area (Å²) in [6.07, 6.45) is -1.77. The highest BCUT2D eigenvalue weighted by molar-refractivity contribution is 7.08. The molecule has 2 aromatic rings. The number of carbonyl (C=O) groups is 2. The second-order valence-electron chi connectivity index (χ2n) is 6.80. The van der Waals surface area contributed by atoms with E-state index < -0.39 is 12.1 Å². The van der Waals surface area contributed by atoms with Gasteiger partial charge in [0.25, 0.3) is 0 Å². The molecule has 160 valence electrons. The van der Waals surface area contributed by atoms with Crippen molar-refractivity contribution in [1.82, 2.24) is 19.4 Å². The number of hydrogen-bond acceptors (Lipinski definition) is 5. The topological polar surface area (TPSA) is 78.7 Å². The van der Waals surface area contributed by atoms with Gasteiger partial charge >= 0.3 is 12.1 Å². The minimum atomic E-state index is -5.08. The van der Waals surface area contributed by atoms with Gasteiger partial charge < -0.3 is 19.5 Å². The van der Waals surface area contributed by atoms with Gasteiger partial charge in [-0.15, -0.1) is 0 Å². The first kappa shape index (κ1) is 22.9. The van der Waals surface area contributed by atoms with E-state index >= 15 is 0 Å². The third-order valence-electron chi connectivity index (χ3n) is 4.23. The molecule has 0 radical (unpaired) electrons. The molecule has 1 aliphatic rings. The van der Waals surface area contributed by atoms with Crippen LogP contribution in [0.3, 0.4) is 0 Å². The first-order valence-electron chi connectivity index (χ1n) is 8.85. The van der Waals surface area contributed by atoms with Crippen molar-refractivity contribution >= 4 is 23.2 Å². The molecule has 1 N–H and O–H groups in total. The van der Waals surface area contributed by atoms with Gasteiger partial charge in [0, 0.05) is 38.8 Å². The second-order valence-corrected chi connectivity index (χ2v) is 7.58. The molecular formula is C18H23F3N4O3S. The summed E-state index contributed by atoms with van der Waals surface area (Å²) in [6.45, 7) is 3.26. The number of aromatic nitrogens is 2. The van der Waals surface area contributed by atoms with E-state index in [0.29, 0.717) is 6.42 Å². The summed E-state index contributed by atoms with van der Waals surface area (Å²) in [5.41, 5.74) is 2.34. The molecule has 11 heteroatoms. The van der Waals surface area contributed by atoms with Gasteiger partial charge in [0.15, 0.2) is 0 Å². The number of halogens is 3. The van der Waals surface area contributed by atoms with Crippen LogP contribution in [0.4, 0.5) is 13.2 Å². The Hall–Kier alpha value is -2.40. The first-order chi connectivity index (χ1) is 13.6. The minimum Gasteiger partial charge on any atom is -0.475 e. The maximum Gasteiger partial charge on any atom is 0.490 e. The SMILES string of the molecule is CN(C)Cc1cnc2n1CCN(C(=O)Cc1ccsc1)CC2.O=C(O)C(F)(F)F. The van der Waals surface area contributed by atoms with Crippen molar-refractivity contribution in [1.29, 1.82) is 0 Å². The molecule has 0 spiro atoms. The van der Waals surface area contributed by atoms with Gasteiger partial charge in [-0.2, -0.15) is 24.5 Å². The molecule has 29 heavy (non-hydrogen) atoms. The van der Waals surface area contributed by atoms with Crippen LogP contribution in [0.15, 0.2) is 23.0 Å². The third-order valence-corrected chi connectivity index (χ3v) is 4.96. The van der Waals surface area contributed by atoms with E-state index in [-0.39, 0.29) is 5.91 Å². The van der Waals surface area contributed by atoms with E-state index in [1.54, 1.807) is 11.3 Å². The zero-order chi connectivity index (χ0) is 21.6. The number of alkyl halides is 3. The van der Waals surface area contributed by atoms with Crippen LogP contribution in [-0.2, 0) is 35.5 Å². The maximum absolute atomic E-state index is 12.4. The summed E-state index contributed by atoms with van der Waals surface area (Å²) in [6, 6.07) is 2.03. The number of imidazole rings is 1. The van der Waals surface area contributed by atoms with Gasteiger partial charge in [0.2, 0.25) is 5.91 Å². The van der Waals surface area contributed by atoms with Crippen molar-refractivity contribution in [2.45, 2.75) is 32.1 Å². The molecule has 0 saturated carbocycles. The number of carboxylic acids is 1. The van der Waals surface area contributed by atoms with Crippen LogP contribution in [0.1, 0.15) is 17.1 Å². The number of nitrogens with zero attached hydrogens (tertiary/aromatic N) is 4.